The van der Waals surface area contributed by atoms with Crippen LogP contribution in [0.1, 0.15) is 12.0 Å². The number of hydrogen-bond donors (Lipinski definition) is 1. The highest BCUT2D eigenvalue weighted by atomic mass is 16.2. The fraction of sp³-hybridized carbons (Fsp3) is 0.353. The van der Waals surface area contributed by atoms with Crippen molar-refractivity contribution in [3.05, 3.63) is 42.7 Å². The Morgan fingerprint density at radius 1 is 1.16 bits per heavy atom. The number of aromatic amines is 1. The highest BCUT2D eigenvalue weighted by molar-refractivity contribution is 5.83. The van der Waals surface area contributed by atoms with Gasteiger partial charge < -0.3 is 14.8 Å². The fourth-order valence-corrected chi connectivity index (χ4v) is 3.16. The lowest BCUT2D eigenvalue weighted by Crippen LogP contribution is -2.36. The number of H-pyrrole nitrogens is 1. The Hall–Kier alpha value is -3.03. The maximum Gasteiger partial charge on any atom is 0.227 e. The molecule has 1 amide bonds. The number of imidazole rings is 1. The van der Waals surface area contributed by atoms with Crippen molar-refractivity contribution in [1.29, 1.82) is 0 Å². The first-order valence-corrected chi connectivity index (χ1v) is 8.37. The fourth-order valence-electron chi connectivity index (χ4n) is 3.16. The van der Waals surface area contributed by atoms with E-state index in [1.165, 1.54) is 6.33 Å². The zero-order chi connectivity index (χ0) is 17.1. The zero-order valence-corrected chi connectivity index (χ0v) is 13.8. The molecule has 8 nitrogen and oxygen atoms in total. The third-order valence-electron chi connectivity index (χ3n) is 4.43. The molecule has 128 valence electrons. The molecule has 0 radical (unpaired) electrons. The number of hydrogen-bond acceptors (Lipinski definition) is 6. The SMILES string of the molecule is O=C(Cc1cccnc1)N1CCCN(c2ncnc3nc[nH]c23)CC1. The third kappa shape index (κ3) is 3.28. The highest BCUT2D eigenvalue weighted by Gasteiger charge is 2.21. The van der Waals surface area contributed by atoms with Crippen molar-refractivity contribution in [1.82, 2.24) is 29.8 Å². The van der Waals surface area contributed by atoms with Crippen molar-refractivity contribution in [2.75, 3.05) is 31.1 Å². The van der Waals surface area contributed by atoms with Gasteiger partial charge in [-0.05, 0) is 18.1 Å². The van der Waals surface area contributed by atoms with Gasteiger partial charge >= 0.3 is 0 Å². The predicted molar refractivity (Wildman–Crippen MR) is 93.0 cm³/mol. The number of fused-ring (bicyclic) bond motifs is 1. The minimum atomic E-state index is 0.143. The van der Waals surface area contributed by atoms with Gasteiger partial charge in [-0.25, -0.2) is 15.0 Å². The Balaban J connectivity index is 1.45. The van der Waals surface area contributed by atoms with E-state index in [0.717, 1.165) is 43.0 Å². The molecule has 0 aliphatic carbocycles. The Bertz CT molecular complexity index is 864. The van der Waals surface area contributed by atoms with Crippen LogP contribution < -0.4 is 4.90 Å². The van der Waals surface area contributed by atoms with Crippen molar-refractivity contribution in [2.45, 2.75) is 12.8 Å². The van der Waals surface area contributed by atoms with Crippen LogP contribution >= 0.6 is 0 Å². The molecule has 0 aromatic carbocycles. The first kappa shape index (κ1) is 15.5. The lowest BCUT2D eigenvalue weighted by molar-refractivity contribution is -0.130. The van der Waals surface area contributed by atoms with Crippen LogP contribution in [0.2, 0.25) is 0 Å². The third-order valence-corrected chi connectivity index (χ3v) is 4.43. The summed E-state index contributed by atoms with van der Waals surface area (Å²) in [5.74, 6) is 0.994. The molecule has 8 heteroatoms. The number of aromatic nitrogens is 5. The molecule has 0 atom stereocenters. The number of anilines is 1. The van der Waals surface area contributed by atoms with Gasteiger partial charge in [0.05, 0.1) is 12.7 Å². The molecule has 3 aromatic heterocycles. The van der Waals surface area contributed by atoms with E-state index < -0.39 is 0 Å². The van der Waals surface area contributed by atoms with Crippen LogP contribution in [-0.2, 0) is 11.2 Å². The van der Waals surface area contributed by atoms with Gasteiger partial charge in [0, 0.05) is 38.6 Å². The Morgan fingerprint density at radius 3 is 3.00 bits per heavy atom. The summed E-state index contributed by atoms with van der Waals surface area (Å²) in [4.78, 5) is 36.6. The monoisotopic (exact) mass is 337 g/mol. The summed E-state index contributed by atoms with van der Waals surface area (Å²) < 4.78 is 0. The molecule has 4 heterocycles. The predicted octanol–water partition coefficient (Wildman–Crippen LogP) is 1.03. The molecule has 3 aromatic rings. The Labute approximate surface area is 144 Å². The summed E-state index contributed by atoms with van der Waals surface area (Å²) >= 11 is 0. The number of rotatable bonds is 3. The van der Waals surface area contributed by atoms with Crippen LogP contribution in [0.3, 0.4) is 0 Å². The van der Waals surface area contributed by atoms with Gasteiger partial charge in [-0.3, -0.25) is 9.78 Å². The van der Waals surface area contributed by atoms with Crippen LogP contribution in [0.15, 0.2) is 37.2 Å². The van der Waals surface area contributed by atoms with Crippen molar-refractivity contribution >= 4 is 22.9 Å². The Morgan fingerprint density at radius 2 is 2.12 bits per heavy atom. The van der Waals surface area contributed by atoms with Crippen molar-refractivity contribution in [3.8, 4) is 0 Å². The molecule has 1 aliphatic heterocycles. The van der Waals surface area contributed by atoms with Crippen LogP contribution in [0.4, 0.5) is 5.82 Å². The number of carbonyl (C=O) groups is 1. The molecule has 4 rings (SSSR count). The van der Waals surface area contributed by atoms with Crippen LogP contribution in [0.5, 0.6) is 0 Å². The van der Waals surface area contributed by atoms with E-state index in [9.17, 15) is 4.79 Å². The van der Waals surface area contributed by atoms with Crippen molar-refractivity contribution in [3.63, 3.8) is 0 Å². The summed E-state index contributed by atoms with van der Waals surface area (Å²) in [5.41, 5.74) is 2.46. The average molecular weight is 337 g/mol. The van der Waals surface area contributed by atoms with Gasteiger partial charge in [-0.2, -0.15) is 0 Å². The molecular weight excluding hydrogens is 318 g/mol. The summed E-state index contributed by atoms with van der Waals surface area (Å²) in [6, 6.07) is 3.79. The molecule has 1 aliphatic rings. The molecule has 0 spiro atoms. The zero-order valence-electron chi connectivity index (χ0n) is 13.8. The summed E-state index contributed by atoms with van der Waals surface area (Å²) in [5, 5.41) is 0. The number of amides is 1. The molecule has 0 unspecified atom stereocenters. The summed E-state index contributed by atoms with van der Waals surface area (Å²) in [7, 11) is 0. The maximum absolute atomic E-state index is 12.6. The number of nitrogens with zero attached hydrogens (tertiary/aromatic N) is 6. The quantitative estimate of drug-likeness (QED) is 0.767. The van der Waals surface area contributed by atoms with Gasteiger partial charge in [0.25, 0.3) is 0 Å². The van der Waals surface area contributed by atoms with E-state index in [2.05, 4.69) is 29.8 Å². The molecule has 1 fully saturated rings. The van der Waals surface area contributed by atoms with Gasteiger partial charge in [0.15, 0.2) is 11.5 Å². The average Bonchev–Trinajstić information content (AvgIpc) is 2.99. The first-order chi connectivity index (χ1) is 12.3. The van der Waals surface area contributed by atoms with Crippen LogP contribution in [0, 0.1) is 0 Å². The second-order valence-electron chi connectivity index (χ2n) is 6.06. The highest BCUT2D eigenvalue weighted by Crippen LogP contribution is 2.21. The summed E-state index contributed by atoms with van der Waals surface area (Å²) in [6.07, 6.45) is 7.93. The number of nitrogens with one attached hydrogen (secondary N) is 1. The lowest BCUT2D eigenvalue weighted by Gasteiger charge is -2.23. The maximum atomic E-state index is 12.6. The van der Waals surface area contributed by atoms with E-state index >= 15 is 0 Å². The standard InChI is InChI=1S/C17H19N7O/c25-14(9-13-3-1-4-18-10-13)23-5-2-6-24(8-7-23)17-15-16(20-11-19-15)21-12-22-17/h1,3-4,10-12H,2,5-9H2,(H,19,20,21,22). The number of carbonyl (C=O) groups excluding carboxylic acids is 1. The molecule has 1 N–H and O–H groups in total. The summed E-state index contributed by atoms with van der Waals surface area (Å²) in [6.45, 7) is 3.03. The number of pyridine rings is 1. The minimum absolute atomic E-state index is 0.143. The van der Waals surface area contributed by atoms with Crippen molar-refractivity contribution < 1.29 is 4.79 Å². The topological polar surface area (TPSA) is 90.9 Å². The first-order valence-electron chi connectivity index (χ1n) is 8.37. The van der Waals surface area contributed by atoms with Gasteiger partial charge in [0.2, 0.25) is 5.91 Å². The second-order valence-corrected chi connectivity index (χ2v) is 6.06. The minimum Gasteiger partial charge on any atom is -0.353 e. The molecular formula is C17H19N7O. The largest absolute Gasteiger partial charge is 0.353 e. The van der Waals surface area contributed by atoms with Gasteiger partial charge in [-0.1, -0.05) is 6.07 Å². The molecule has 1 saturated heterocycles. The van der Waals surface area contributed by atoms with Crippen molar-refractivity contribution in [2.24, 2.45) is 0 Å². The smallest absolute Gasteiger partial charge is 0.227 e. The van der Waals surface area contributed by atoms with E-state index in [1.54, 1.807) is 18.7 Å². The van der Waals surface area contributed by atoms with E-state index in [4.69, 9.17) is 0 Å². The van der Waals surface area contributed by atoms with E-state index in [-0.39, 0.29) is 5.91 Å². The van der Waals surface area contributed by atoms with Gasteiger partial charge in [0.1, 0.15) is 11.8 Å². The second kappa shape index (κ2) is 6.84. The molecule has 25 heavy (non-hydrogen) atoms. The van der Waals surface area contributed by atoms with E-state index in [1.807, 2.05) is 17.0 Å². The Kier molecular flexibility index (Phi) is 4.24. The van der Waals surface area contributed by atoms with Gasteiger partial charge in [-0.15, -0.1) is 0 Å². The van der Waals surface area contributed by atoms with E-state index in [0.29, 0.717) is 18.6 Å². The molecule has 0 bridgehead atoms. The lowest BCUT2D eigenvalue weighted by atomic mass is 10.2. The molecule has 0 saturated carbocycles. The van der Waals surface area contributed by atoms with Crippen LogP contribution in [0.25, 0.3) is 11.2 Å². The van der Waals surface area contributed by atoms with Crippen LogP contribution in [-0.4, -0.2) is 61.9 Å². The normalized spacial score (nSPS) is 15.4.